The van der Waals surface area contributed by atoms with Crippen molar-refractivity contribution in [3.05, 3.63) is 84.8 Å². The number of hydrogen-bond donors (Lipinski definition) is 4. The average molecular weight is 790 g/mol. The number of carbonyl (C=O) groups is 2. The lowest BCUT2D eigenvalue weighted by atomic mass is 9.89. The standard InChI is InChI=1S/C31H34F3N7.2C2HF3O2/c32-31(33,34)29-17-20-41(39-29)25-14-12-24(13-15-25)40-19-6-9-23(21-40)36-27-10-4-5-11-28(27)38-30-35-18-16-26(37-30)22-7-2-1-3-8-22;2*3-2(4,5)1(6)7/h1-3,7-8,12-18,20,23,27-28,36H,4-6,9-11,19,21H2,(H,35,37,38);2*(H,6,7)/t23-,27+,28+;;/m0../s1. The van der Waals surface area contributed by atoms with Crippen molar-refractivity contribution < 1.29 is 59.3 Å². The predicted octanol–water partition coefficient (Wildman–Crippen LogP) is 7.60. The third kappa shape index (κ3) is 12.9. The minimum Gasteiger partial charge on any atom is -0.475 e. The zero-order valence-electron chi connectivity index (χ0n) is 28.7. The van der Waals surface area contributed by atoms with Crippen molar-refractivity contribution in [2.75, 3.05) is 23.3 Å². The zero-order valence-corrected chi connectivity index (χ0v) is 28.7. The molecule has 2 fully saturated rings. The minimum absolute atomic E-state index is 0.250. The molecule has 6 rings (SSSR count). The summed E-state index contributed by atoms with van der Waals surface area (Å²) in [6.07, 6.45) is -4.74. The summed E-state index contributed by atoms with van der Waals surface area (Å²) in [4.78, 5) is 29.5. The summed E-state index contributed by atoms with van der Waals surface area (Å²) in [6, 6.07) is 21.6. The molecule has 2 aliphatic rings. The van der Waals surface area contributed by atoms with Crippen molar-refractivity contribution in [3.63, 3.8) is 0 Å². The lowest BCUT2D eigenvalue weighted by molar-refractivity contribution is -0.193. The smallest absolute Gasteiger partial charge is 0.475 e. The van der Waals surface area contributed by atoms with E-state index >= 15 is 0 Å². The van der Waals surface area contributed by atoms with Gasteiger partial charge in [0, 0.05) is 54.9 Å². The molecule has 0 radical (unpaired) electrons. The highest BCUT2D eigenvalue weighted by Gasteiger charge is 2.39. The van der Waals surface area contributed by atoms with Gasteiger partial charge in [-0.2, -0.15) is 44.6 Å². The van der Waals surface area contributed by atoms with E-state index in [4.69, 9.17) is 24.8 Å². The van der Waals surface area contributed by atoms with Crippen molar-refractivity contribution in [2.45, 2.75) is 75.2 Å². The highest BCUT2D eigenvalue weighted by atomic mass is 19.4. The molecule has 0 bridgehead atoms. The molecule has 0 spiro atoms. The van der Waals surface area contributed by atoms with Gasteiger partial charge in [-0.3, -0.25) is 0 Å². The minimum atomic E-state index is -5.08. The number of benzene rings is 2. The van der Waals surface area contributed by atoms with Crippen LogP contribution in [0.3, 0.4) is 0 Å². The number of rotatable bonds is 7. The van der Waals surface area contributed by atoms with Gasteiger partial charge >= 0.3 is 30.5 Å². The van der Waals surface area contributed by atoms with Crippen LogP contribution in [0.1, 0.15) is 44.2 Å². The van der Waals surface area contributed by atoms with E-state index in [2.05, 4.69) is 37.7 Å². The Morgan fingerprint density at radius 2 is 1.31 bits per heavy atom. The van der Waals surface area contributed by atoms with Crippen LogP contribution in [0.15, 0.2) is 79.1 Å². The number of carboxylic acids is 2. The van der Waals surface area contributed by atoms with Gasteiger partial charge in [0.15, 0.2) is 5.69 Å². The largest absolute Gasteiger partial charge is 0.490 e. The van der Waals surface area contributed by atoms with E-state index in [0.29, 0.717) is 23.7 Å². The number of carboxylic acid groups (broad SMARTS) is 2. The second kappa shape index (κ2) is 18.3. The Morgan fingerprint density at radius 3 is 1.87 bits per heavy atom. The van der Waals surface area contributed by atoms with Crippen LogP contribution in [0.25, 0.3) is 16.9 Å². The maximum absolute atomic E-state index is 12.9. The van der Waals surface area contributed by atoms with E-state index < -0.39 is 36.2 Å². The SMILES string of the molecule is FC(F)(F)c1ccn(-c2ccc(N3CCC[C@H](N[C@@H]4CCCC[C@H]4Nc4nccc(-c5ccccc5)n4)C3)cc2)n1.O=C(O)C(F)(F)F.O=C(O)C(F)(F)F. The van der Waals surface area contributed by atoms with E-state index in [-0.39, 0.29) is 6.04 Å². The first-order valence-electron chi connectivity index (χ1n) is 16.8. The molecule has 0 amide bonds. The summed E-state index contributed by atoms with van der Waals surface area (Å²) in [5.41, 5.74) is 2.75. The van der Waals surface area contributed by atoms with E-state index in [1.54, 1.807) is 0 Å². The van der Waals surface area contributed by atoms with Gasteiger partial charge in [0.25, 0.3) is 0 Å². The van der Waals surface area contributed by atoms with Gasteiger partial charge in [-0.15, -0.1) is 0 Å². The van der Waals surface area contributed by atoms with Crippen LogP contribution in [0.4, 0.5) is 51.1 Å². The Bertz CT molecular complexity index is 1810. The van der Waals surface area contributed by atoms with Crippen LogP contribution in [-0.2, 0) is 15.8 Å². The molecule has 11 nitrogen and oxygen atoms in total. The van der Waals surface area contributed by atoms with Crippen molar-refractivity contribution in [2.24, 2.45) is 0 Å². The van der Waals surface area contributed by atoms with Crippen LogP contribution < -0.4 is 15.5 Å². The zero-order chi connectivity index (χ0) is 40.4. The molecule has 55 heavy (non-hydrogen) atoms. The van der Waals surface area contributed by atoms with Crippen molar-refractivity contribution >= 4 is 23.6 Å². The molecule has 4 aromatic rings. The number of piperidine rings is 1. The Morgan fingerprint density at radius 1 is 0.727 bits per heavy atom. The highest BCUT2D eigenvalue weighted by Crippen LogP contribution is 2.29. The Hall–Kier alpha value is -5.40. The number of aliphatic carboxylic acids is 2. The molecular formula is C35H36F9N7O4. The van der Waals surface area contributed by atoms with Crippen molar-refractivity contribution in [3.8, 4) is 16.9 Å². The molecule has 3 heterocycles. The molecule has 0 unspecified atom stereocenters. The van der Waals surface area contributed by atoms with Crippen molar-refractivity contribution in [1.29, 1.82) is 0 Å². The molecule has 1 aliphatic carbocycles. The lowest BCUT2D eigenvalue weighted by Gasteiger charge is -2.40. The average Bonchev–Trinajstić information content (AvgIpc) is 3.65. The first-order chi connectivity index (χ1) is 25.8. The van der Waals surface area contributed by atoms with Crippen LogP contribution in [-0.4, -0.2) is 85.5 Å². The second-order valence-corrected chi connectivity index (χ2v) is 12.5. The molecule has 3 atom stereocenters. The summed E-state index contributed by atoms with van der Waals surface area (Å²) in [5, 5.41) is 25.5. The van der Waals surface area contributed by atoms with E-state index in [1.165, 1.54) is 23.7 Å². The first-order valence-corrected chi connectivity index (χ1v) is 16.8. The van der Waals surface area contributed by atoms with E-state index in [1.807, 2.05) is 54.7 Å². The summed E-state index contributed by atoms with van der Waals surface area (Å²) < 4.78 is 104. The van der Waals surface area contributed by atoms with Gasteiger partial charge in [0.1, 0.15) is 0 Å². The van der Waals surface area contributed by atoms with Gasteiger partial charge in [-0.1, -0.05) is 43.2 Å². The molecule has 2 aromatic heterocycles. The Kier molecular flexibility index (Phi) is 14.1. The summed E-state index contributed by atoms with van der Waals surface area (Å²) in [7, 11) is 0. The molecule has 1 saturated heterocycles. The monoisotopic (exact) mass is 789 g/mol. The summed E-state index contributed by atoms with van der Waals surface area (Å²) >= 11 is 0. The van der Waals surface area contributed by atoms with Crippen LogP contribution >= 0.6 is 0 Å². The molecule has 1 aliphatic heterocycles. The topological polar surface area (TPSA) is 146 Å². The van der Waals surface area contributed by atoms with Gasteiger partial charge in [-0.25, -0.2) is 24.2 Å². The third-order valence-electron chi connectivity index (χ3n) is 8.52. The quantitative estimate of drug-likeness (QED) is 0.138. The van der Waals surface area contributed by atoms with E-state index in [0.717, 1.165) is 61.8 Å². The van der Waals surface area contributed by atoms with Crippen LogP contribution in [0.5, 0.6) is 0 Å². The fourth-order valence-electron chi connectivity index (χ4n) is 5.95. The number of alkyl halides is 9. The number of aromatic nitrogens is 4. The lowest BCUT2D eigenvalue weighted by Crippen LogP contribution is -2.55. The van der Waals surface area contributed by atoms with Crippen molar-refractivity contribution in [1.82, 2.24) is 25.1 Å². The third-order valence-corrected chi connectivity index (χ3v) is 8.52. The normalized spacial score (nSPS) is 18.9. The number of nitrogens with zero attached hydrogens (tertiary/aromatic N) is 5. The van der Waals surface area contributed by atoms with Gasteiger partial charge in [0.2, 0.25) is 5.95 Å². The summed E-state index contributed by atoms with van der Waals surface area (Å²) in [6.45, 7) is 1.83. The maximum Gasteiger partial charge on any atom is 0.490 e. The number of anilines is 2. The molecule has 298 valence electrons. The molecule has 4 N–H and O–H groups in total. The van der Waals surface area contributed by atoms with E-state index in [9.17, 15) is 39.5 Å². The first kappa shape index (κ1) is 42.3. The van der Waals surface area contributed by atoms with Gasteiger partial charge in [0.05, 0.1) is 11.4 Å². The number of nitrogens with one attached hydrogen (secondary N) is 2. The maximum atomic E-state index is 12.9. The highest BCUT2D eigenvalue weighted by molar-refractivity contribution is 5.73. The predicted molar refractivity (Wildman–Crippen MR) is 181 cm³/mol. The second-order valence-electron chi connectivity index (χ2n) is 12.5. The Labute approximate surface area is 308 Å². The van der Waals surface area contributed by atoms with Crippen LogP contribution in [0.2, 0.25) is 0 Å². The molecule has 1 saturated carbocycles. The fraction of sp³-hybridized carbons (Fsp3) is 0.400. The van der Waals surface area contributed by atoms with Crippen LogP contribution in [0, 0.1) is 0 Å². The number of halogens is 9. The molecule has 20 heteroatoms. The molecular weight excluding hydrogens is 753 g/mol. The van der Waals surface area contributed by atoms with Gasteiger partial charge < -0.3 is 25.7 Å². The Balaban J connectivity index is 0.000000410. The fourth-order valence-corrected chi connectivity index (χ4v) is 5.95. The van der Waals surface area contributed by atoms with Gasteiger partial charge in [-0.05, 0) is 62.1 Å². The molecule has 2 aromatic carbocycles. The summed E-state index contributed by atoms with van der Waals surface area (Å²) in [5.74, 6) is -4.85. The number of hydrogen-bond acceptors (Lipinski definition) is 8.